The van der Waals surface area contributed by atoms with Crippen molar-refractivity contribution in [3.8, 4) is 0 Å². The Morgan fingerprint density at radius 2 is 2.06 bits per heavy atom. The highest BCUT2D eigenvalue weighted by atomic mass is 19.4. The highest BCUT2D eigenvalue weighted by molar-refractivity contribution is 5.08. The van der Waals surface area contributed by atoms with Crippen LogP contribution in [0.1, 0.15) is 38.4 Å². The Kier molecular flexibility index (Phi) is 4.99. The molecule has 0 spiro atoms. The molecule has 98 valence electrons. The predicted octanol–water partition coefficient (Wildman–Crippen LogP) is 2.90. The summed E-state index contributed by atoms with van der Waals surface area (Å²) in [6, 6.07) is -1.63. The van der Waals surface area contributed by atoms with Crippen LogP contribution in [-0.4, -0.2) is 22.3 Å². The van der Waals surface area contributed by atoms with Crippen molar-refractivity contribution in [3.63, 3.8) is 0 Å². The van der Waals surface area contributed by atoms with Crippen LogP contribution in [0, 0.1) is 0 Å². The van der Waals surface area contributed by atoms with E-state index in [0.717, 1.165) is 6.42 Å². The molecule has 1 aromatic rings. The SMILES string of the molecule is CCCNC(c1cncn1CCC)C(F)(F)F. The summed E-state index contributed by atoms with van der Waals surface area (Å²) in [4.78, 5) is 3.81. The maximum atomic E-state index is 12.9. The molecule has 1 atom stereocenters. The van der Waals surface area contributed by atoms with Crippen molar-refractivity contribution in [1.82, 2.24) is 14.9 Å². The Labute approximate surface area is 99.0 Å². The number of halogens is 3. The minimum Gasteiger partial charge on any atom is -0.333 e. The third kappa shape index (κ3) is 3.73. The zero-order chi connectivity index (χ0) is 12.9. The molecule has 0 amide bonds. The average Bonchev–Trinajstić information content (AvgIpc) is 2.66. The first kappa shape index (κ1) is 14.0. The summed E-state index contributed by atoms with van der Waals surface area (Å²) >= 11 is 0. The number of rotatable bonds is 6. The monoisotopic (exact) mass is 249 g/mol. The summed E-state index contributed by atoms with van der Waals surface area (Å²) in [6.45, 7) is 4.65. The molecular weight excluding hydrogens is 231 g/mol. The van der Waals surface area contributed by atoms with E-state index in [1.165, 1.54) is 12.5 Å². The van der Waals surface area contributed by atoms with Gasteiger partial charge in [-0.25, -0.2) is 4.98 Å². The van der Waals surface area contributed by atoms with Crippen LogP contribution in [0.15, 0.2) is 12.5 Å². The van der Waals surface area contributed by atoms with Gasteiger partial charge in [0.1, 0.15) is 6.04 Å². The van der Waals surface area contributed by atoms with Gasteiger partial charge in [-0.1, -0.05) is 13.8 Å². The molecule has 6 heteroatoms. The van der Waals surface area contributed by atoms with Gasteiger partial charge < -0.3 is 9.88 Å². The van der Waals surface area contributed by atoms with Gasteiger partial charge in [0.25, 0.3) is 0 Å². The Balaban J connectivity index is 2.91. The summed E-state index contributed by atoms with van der Waals surface area (Å²) in [7, 11) is 0. The summed E-state index contributed by atoms with van der Waals surface area (Å²) < 4.78 is 40.3. The van der Waals surface area contributed by atoms with E-state index in [-0.39, 0.29) is 5.69 Å². The quantitative estimate of drug-likeness (QED) is 0.840. The second kappa shape index (κ2) is 6.05. The molecule has 1 heterocycles. The standard InChI is InChI=1S/C11H18F3N3/c1-3-5-16-10(11(12,13)14)9-7-15-8-17(9)6-4-2/h7-8,10,16H,3-6H2,1-2H3. The lowest BCUT2D eigenvalue weighted by Gasteiger charge is -2.22. The van der Waals surface area contributed by atoms with Crippen LogP contribution in [-0.2, 0) is 6.54 Å². The van der Waals surface area contributed by atoms with Crippen molar-refractivity contribution in [1.29, 1.82) is 0 Å². The normalized spacial score (nSPS) is 13.9. The molecule has 17 heavy (non-hydrogen) atoms. The molecule has 1 rings (SSSR count). The van der Waals surface area contributed by atoms with Gasteiger partial charge in [0, 0.05) is 6.54 Å². The van der Waals surface area contributed by atoms with E-state index in [2.05, 4.69) is 10.3 Å². The highest BCUT2D eigenvalue weighted by Crippen LogP contribution is 2.32. The maximum absolute atomic E-state index is 12.9. The van der Waals surface area contributed by atoms with Crippen molar-refractivity contribution >= 4 is 0 Å². The van der Waals surface area contributed by atoms with Crippen LogP contribution in [0.25, 0.3) is 0 Å². The Hall–Kier alpha value is -1.04. The predicted molar refractivity (Wildman–Crippen MR) is 59.6 cm³/mol. The summed E-state index contributed by atoms with van der Waals surface area (Å²) in [5, 5.41) is 2.52. The molecule has 0 aliphatic heterocycles. The molecule has 1 N–H and O–H groups in total. The topological polar surface area (TPSA) is 29.9 Å². The molecule has 0 fully saturated rings. The van der Waals surface area contributed by atoms with Gasteiger partial charge in [-0.3, -0.25) is 0 Å². The second-order valence-corrected chi connectivity index (χ2v) is 3.94. The first-order chi connectivity index (χ1) is 8.00. The third-order valence-corrected chi connectivity index (χ3v) is 2.43. The molecule has 0 bridgehead atoms. The Morgan fingerprint density at radius 3 is 2.59 bits per heavy atom. The largest absolute Gasteiger partial charge is 0.409 e. The number of alkyl halides is 3. The van der Waals surface area contributed by atoms with Crippen molar-refractivity contribution in [3.05, 3.63) is 18.2 Å². The fourth-order valence-corrected chi connectivity index (χ4v) is 1.68. The average molecular weight is 249 g/mol. The van der Waals surface area contributed by atoms with E-state index in [0.29, 0.717) is 19.5 Å². The lowest BCUT2D eigenvalue weighted by atomic mass is 10.2. The first-order valence-corrected chi connectivity index (χ1v) is 5.80. The molecule has 0 radical (unpaired) electrons. The molecule has 0 aromatic carbocycles. The molecule has 0 saturated heterocycles. The Morgan fingerprint density at radius 1 is 1.35 bits per heavy atom. The number of imidazole rings is 1. The highest BCUT2D eigenvalue weighted by Gasteiger charge is 2.42. The molecule has 0 aliphatic rings. The van der Waals surface area contributed by atoms with E-state index in [1.54, 1.807) is 4.57 Å². The number of aryl methyl sites for hydroxylation is 1. The lowest BCUT2D eigenvalue weighted by Crippen LogP contribution is -2.36. The molecule has 0 aliphatic carbocycles. The zero-order valence-corrected chi connectivity index (χ0v) is 10.1. The van der Waals surface area contributed by atoms with Crippen molar-refractivity contribution in [2.75, 3.05) is 6.54 Å². The van der Waals surface area contributed by atoms with Gasteiger partial charge >= 0.3 is 6.18 Å². The van der Waals surface area contributed by atoms with Crippen LogP contribution in [0.4, 0.5) is 13.2 Å². The number of hydrogen-bond acceptors (Lipinski definition) is 2. The van der Waals surface area contributed by atoms with Gasteiger partial charge in [0.05, 0.1) is 18.2 Å². The van der Waals surface area contributed by atoms with Gasteiger partial charge in [-0.2, -0.15) is 13.2 Å². The van der Waals surface area contributed by atoms with Gasteiger partial charge in [0.2, 0.25) is 0 Å². The molecular formula is C11H18F3N3. The third-order valence-electron chi connectivity index (χ3n) is 2.43. The van der Waals surface area contributed by atoms with E-state index in [1.807, 2.05) is 13.8 Å². The number of aromatic nitrogens is 2. The first-order valence-electron chi connectivity index (χ1n) is 5.80. The fourth-order valence-electron chi connectivity index (χ4n) is 1.68. The van der Waals surface area contributed by atoms with Gasteiger partial charge in [-0.05, 0) is 19.4 Å². The number of nitrogens with one attached hydrogen (secondary N) is 1. The van der Waals surface area contributed by atoms with E-state index >= 15 is 0 Å². The molecule has 3 nitrogen and oxygen atoms in total. The summed E-state index contributed by atoms with van der Waals surface area (Å²) in [6.07, 6.45) is -0.113. The van der Waals surface area contributed by atoms with Crippen LogP contribution in [0.2, 0.25) is 0 Å². The summed E-state index contributed by atoms with van der Waals surface area (Å²) in [5.41, 5.74) is 0.188. The number of nitrogens with zero attached hydrogens (tertiary/aromatic N) is 2. The Bertz CT molecular complexity index is 333. The maximum Gasteiger partial charge on any atom is 0.409 e. The van der Waals surface area contributed by atoms with Crippen molar-refractivity contribution < 1.29 is 13.2 Å². The van der Waals surface area contributed by atoms with E-state index < -0.39 is 12.2 Å². The van der Waals surface area contributed by atoms with Gasteiger partial charge in [-0.15, -0.1) is 0 Å². The molecule has 0 saturated carbocycles. The smallest absolute Gasteiger partial charge is 0.333 e. The molecule has 1 unspecified atom stereocenters. The van der Waals surface area contributed by atoms with Crippen LogP contribution < -0.4 is 5.32 Å². The van der Waals surface area contributed by atoms with Crippen LogP contribution >= 0.6 is 0 Å². The molecule has 1 aromatic heterocycles. The van der Waals surface area contributed by atoms with Crippen LogP contribution in [0.3, 0.4) is 0 Å². The van der Waals surface area contributed by atoms with Crippen molar-refractivity contribution in [2.45, 2.75) is 45.5 Å². The lowest BCUT2D eigenvalue weighted by molar-refractivity contribution is -0.159. The van der Waals surface area contributed by atoms with Gasteiger partial charge in [0.15, 0.2) is 0 Å². The van der Waals surface area contributed by atoms with E-state index in [4.69, 9.17) is 0 Å². The minimum atomic E-state index is -4.29. The van der Waals surface area contributed by atoms with E-state index in [9.17, 15) is 13.2 Å². The number of hydrogen-bond donors (Lipinski definition) is 1. The fraction of sp³-hybridized carbons (Fsp3) is 0.727. The second-order valence-electron chi connectivity index (χ2n) is 3.94. The minimum absolute atomic E-state index is 0.188. The zero-order valence-electron chi connectivity index (χ0n) is 10.1. The van der Waals surface area contributed by atoms with Crippen molar-refractivity contribution in [2.24, 2.45) is 0 Å². The van der Waals surface area contributed by atoms with Crippen LogP contribution in [0.5, 0.6) is 0 Å². The summed E-state index contributed by atoms with van der Waals surface area (Å²) in [5.74, 6) is 0.